The Bertz CT molecular complexity index is 935. The first-order valence-electron chi connectivity index (χ1n) is 8.94. The zero-order valence-electron chi connectivity index (χ0n) is 14.9. The van der Waals surface area contributed by atoms with Crippen molar-refractivity contribution in [1.29, 1.82) is 0 Å². The minimum atomic E-state index is 0.0453. The Kier molecular flexibility index (Phi) is 5.13. The van der Waals surface area contributed by atoms with Crippen molar-refractivity contribution in [2.24, 2.45) is 0 Å². The molecule has 6 nitrogen and oxygen atoms in total. The number of hydrogen-bond donors (Lipinski definition) is 2. The highest BCUT2D eigenvalue weighted by Crippen LogP contribution is 2.27. The largest absolute Gasteiger partial charge is 0.398 e. The van der Waals surface area contributed by atoms with Gasteiger partial charge in [-0.15, -0.1) is 0 Å². The standard InChI is InChI=1S/C20H21N5OS/c21-17-4-3-14(15-2-1-5-23-12-15)10-16(17)11-18(26)19-13-24-20(27-19)25-8-6-22-7-9-25/h1-5,10,12-13,22H,6-9,11,21H2. The molecule has 2 aromatic heterocycles. The molecule has 1 fully saturated rings. The van der Waals surface area contributed by atoms with Gasteiger partial charge in [-0.1, -0.05) is 23.5 Å². The number of nitrogens with two attached hydrogens (primary N) is 1. The smallest absolute Gasteiger partial charge is 0.186 e. The number of aromatic nitrogens is 2. The van der Waals surface area contributed by atoms with Crippen LogP contribution in [0.2, 0.25) is 0 Å². The van der Waals surface area contributed by atoms with Crippen LogP contribution in [0.15, 0.2) is 48.9 Å². The predicted molar refractivity (Wildman–Crippen MR) is 109 cm³/mol. The number of anilines is 2. The van der Waals surface area contributed by atoms with Gasteiger partial charge >= 0.3 is 0 Å². The Morgan fingerprint density at radius 3 is 2.81 bits per heavy atom. The number of carbonyl (C=O) groups excluding carboxylic acids is 1. The average Bonchev–Trinajstić information content (AvgIpc) is 3.21. The lowest BCUT2D eigenvalue weighted by atomic mass is 10.00. The molecule has 1 saturated heterocycles. The number of thiazole rings is 1. The van der Waals surface area contributed by atoms with Crippen molar-refractivity contribution in [2.75, 3.05) is 36.8 Å². The first-order valence-corrected chi connectivity index (χ1v) is 9.76. The van der Waals surface area contributed by atoms with Crippen LogP contribution in [0.5, 0.6) is 0 Å². The third-order valence-electron chi connectivity index (χ3n) is 4.64. The Hall–Kier alpha value is -2.77. The van der Waals surface area contributed by atoms with E-state index in [9.17, 15) is 4.79 Å². The summed E-state index contributed by atoms with van der Waals surface area (Å²) in [5.74, 6) is 0.0453. The lowest BCUT2D eigenvalue weighted by molar-refractivity contribution is 0.0997. The second-order valence-electron chi connectivity index (χ2n) is 6.50. The van der Waals surface area contributed by atoms with Gasteiger partial charge < -0.3 is 16.0 Å². The van der Waals surface area contributed by atoms with E-state index in [0.29, 0.717) is 10.6 Å². The summed E-state index contributed by atoms with van der Waals surface area (Å²) in [7, 11) is 0. The molecule has 4 rings (SSSR count). The van der Waals surface area contributed by atoms with E-state index in [-0.39, 0.29) is 12.2 Å². The summed E-state index contributed by atoms with van der Waals surface area (Å²) in [5, 5.41) is 4.24. The third kappa shape index (κ3) is 3.99. The summed E-state index contributed by atoms with van der Waals surface area (Å²) in [6.07, 6.45) is 5.50. The van der Waals surface area contributed by atoms with Crippen LogP contribution in [-0.2, 0) is 6.42 Å². The number of carbonyl (C=O) groups is 1. The first kappa shape index (κ1) is 17.6. The quantitative estimate of drug-likeness (QED) is 0.524. The van der Waals surface area contributed by atoms with Crippen LogP contribution in [0.25, 0.3) is 11.1 Å². The second kappa shape index (κ2) is 7.85. The lowest BCUT2D eigenvalue weighted by Crippen LogP contribution is -2.43. The number of rotatable bonds is 5. The van der Waals surface area contributed by atoms with Crippen LogP contribution in [-0.4, -0.2) is 41.9 Å². The first-order chi connectivity index (χ1) is 13.2. The fourth-order valence-corrected chi connectivity index (χ4v) is 4.03. The van der Waals surface area contributed by atoms with Gasteiger partial charge in [-0.05, 0) is 34.9 Å². The number of pyridine rings is 1. The van der Waals surface area contributed by atoms with Gasteiger partial charge in [-0.25, -0.2) is 4.98 Å². The maximum Gasteiger partial charge on any atom is 0.186 e. The molecule has 1 aliphatic heterocycles. The predicted octanol–water partition coefficient (Wildman–Crippen LogP) is 2.62. The van der Waals surface area contributed by atoms with Gasteiger partial charge in [-0.2, -0.15) is 0 Å². The normalized spacial score (nSPS) is 14.3. The van der Waals surface area contributed by atoms with Gasteiger partial charge in [0.15, 0.2) is 10.9 Å². The maximum absolute atomic E-state index is 12.8. The highest BCUT2D eigenvalue weighted by molar-refractivity contribution is 7.17. The van der Waals surface area contributed by atoms with E-state index < -0.39 is 0 Å². The molecule has 0 aliphatic carbocycles. The van der Waals surface area contributed by atoms with E-state index in [1.165, 1.54) is 11.3 Å². The molecule has 0 unspecified atom stereocenters. The van der Waals surface area contributed by atoms with Crippen LogP contribution in [0.1, 0.15) is 15.2 Å². The molecule has 7 heteroatoms. The lowest BCUT2D eigenvalue weighted by Gasteiger charge is -2.26. The van der Waals surface area contributed by atoms with E-state index in [2.05, 4.69) is 20.2 Å². The molecule has 138 valence electrons. The van der Waals surface area contributed by atoms with Crippen molar-refractivity contribution in [2.45, 2.75) is 6.42 Å². The van der Waals surface area contributed by atoms with Gasteiger partial charge in [0.2, 0.25) is 0 Å². The van der Waals surface area contributed by atoms with Gasteiger partial charge in [0.1, 0.15) is 0 Å². The van der Waals surface area contributed by atoms with E-state index in [0.717, 1.165) is 48.0 Å². The zero-order valence-corrected chi connectivity index (χ0v) is 15.7. The molecule has 3 N–H and O–H groups in total. The van der Waals surface area contributed by atoms with Crippen molar-refractivity contribution in [3.05, 3.63) is 59.4 Å². The molecule has 3 aromatic rings. The van der Waals surface area contributed by atoms with Gasteiger partial charge in [-0.3, -0.25) is 9.78 Å². The molecule has 1 aliphatic rings. The minimum absolute atomic E-state index is 0.0453. The molecule has 0 atom stereocenters. The van der Waals surface area contributed by atoms with Crippen LogP contribution in [0.4, 0.5) is 10.8 Å². The summed E-state index contributed by atoms with van der Waals surface area (Å²) in [4.78, 5) is 24.3. The van der Waals surface area contributed by atoms with E-state index in [4.69, 9.17) is 5.73 Å². The number of nitrogen functional groups attached to an aromatic ring is 1. The summed E-state index contributed by atoms with van der Waals surface area (Å²) >= 11 is 1.46. The van der Waals surface area contributed by atoms with Crippen molar-refractivity contribution in [3.63, 3.8) is 0 Å². The molecular formula is C20H21N5OS. The molecule has 3 heterocycles. The number of piperazine rings is 1. The van der Waals surface area contributed by atoms with Gasteiger partial charge in [0, 0.05) is 50.7 Å². The molecule has 0 spiro atoms. The minimum Gasteiger partial charge on any atom is -0.398 e. The van der Waals surface area contributed by atoms with Crippen LogP contribution in [0, 0.1) is 0 Å². The zero-order chi connectivity index (χ0) is 18.6. The van der Waals surface area contributed by atoms with Crippen LogP contribution < -0.4 is 16.0 Å². The second-order valence-corrected chi connectivity index (χ2v) is 7.51. The van der Waals surface area contributed by atoms with Crippen LogP contribution in [0.3, 0.4) is 0 Å². The van der Waals surface area contributed by atoms with Crippen molar-refractivity contribution in [3.8, 4) is 11.1 Å². The summed E-state index contributed by atoms with van der Waals surface area (Å²) in [6.45, 7) is 3.73. The fraction of sp³-hybridized carbons (Fsp3) is 0.250. The highest BCUT2D eigenvalue weighted by atomic mass is 32.1. The molecule has 1 aromatic carbocycles. The summed E-state index contributed by atoms with van der Waals surface area (Å²) < 4.78 is 0. The Balaban J connectivity index is 1.52. The molecular weight excluding hydrogens is 358 g/mol. The number of Topliss-reactive ketones (excluding diaryl/α,β-unsaturated/α-hetero) is 1. The number of nitrogens with zero attached hydrogens (tertiary/aromatic N) is 3. The van der Waals surface area contributed by atoms with Crippen molar-refractivity contribution < 1.29 is 4.79 Å². The molecule has 0 bridgehead atoms. The van der Waals surface area contributed by atoms with Gasteiger partial charge in [0.05, 0.1) is 11.1 Å². The van der Waals surface area contributed by atoms with E-state index in [1.807, 2.05) is 30.3 Å². The molecule has 0 radical (unpaired) electrons. The molecule has 27 heavy (non-hydrogen) atoms. The van der Waals surface area contributed by atoms with E-state index in [1.54, 1.807) is 18.6 Å². The fourth-order valence-electron chi connectivity index (χ4n) is 3.13. The summed E-state index contributed by atoms with van der Waals surface area (Å²) in [6, 6.07) is 9.67. The molecule has 0 saturated carbocycles. The third-order valence-corrected chi connectivity index (χ3v) is 5.74. The monoisotopic (exact) mass is 379 g/mol. The number of ketones is 1. The molecule has 0 amide bonds. The Morgan fingerprint density at radius 2 is 2.04 bits per heavy atom. The topological polar surface area (TPSA) is 84.1 Å². The Morgan fingerprint density at radius 1 is 1.19 bits per heavy atom. The van der Waals surface area contributed by atoms with E-state index >= 15 is 0 Å². The van der Waals surface area contributed by atoms with Crippen molar-refractivity contribution >= 4 is 27.9 Å². The average molecular weight is 379 g/mol. The van der Waals surface area contributed by atoms with Gasteiger partial charge in [0.25, 0.3) is 0 Å². The summed E-state index contributed by atoms with van der Waals surface area (Å²) in [5.41, 5.74) is 9.59. The number of nitrogens with one attached hydrogen (secondary N) is 1. The van der Waals surface area contributed by atoms with Crippen molar-refractivity contribution in [1.82, 2.24) is 15.3 Å². The number of hydrogen-bond acceptors (Lipinski definition) is 7. The SMILES string of the molecule is Nc1ccc(-c2cccnc2)cc1CC(=O)c1cnc(N2CCNCC2)s1. The number of benzene rings is 1. The highest BCUT2D eigenvalue weighted by Gasteiger charge is 2.18. The van der Waals surface area contributed by atoms with Crippen LogP contribution >= 0.6 is 11.3 Å². The maximum atomic E-state index is 12.8. The Labute approximate surface area is 162 Å².